The number of rotatable bonds is 13. The lowest BCUT2D eigenvalue weighted by Gasteiger charge is -2.42. The highest BCUT2D eigenvalue weighted by Crippen LogP contribution is 2.22. The van der Waals surface area contributed by atoms with Gasteiger partial charge < -0.3 is 44.3 Å². The number of amides is 1. The summed E-state index contributed by atoms with van der Waals surface area (Å²) in [5.74, 6) is 1.94. The Bertz CT molecular complexity index is 456. The van der Waals surface area contributed by atoms with Crippen LogP contribution in [0.2, 0.25) is 0 Å². The van der Waals surface area contributed by atoms with E-state index in [1.807, 2.05) is 0 Å². The standard InChI is InChI=1S/C17H29NO9/c1-3-4-23-5-6-24-7-8-25-9-10-26-17-14(18-12(2)20)16(22)15(21)13(11-19)27-17/h1,13-17,19,21-22H,4-11H2,2H3,(H,18,20)/t13?,14?,15-,16-,17-/m1/s1. The van der Waals surface area contributed by atoms with Gasteiger partial charge in [0.25, 0.3) is 0 Å². The zero-order chi connectivity index (χ0) is 20.1. The molecule has 0 aliphatic carbocycles. The van der Waals surface area contributed by atoms with Crippen molar-refractivity contribution >= 4 is 5.91 Å². The monoisotopic (exact) mass is 391 g/mol. The first-order chi connectivity index (χ1) is 13.0. The van der Waals surface area contributed by atoms with Crippen LogP contribution in [0.5, 0.6) is 0 Å². The second-order valence-corrected chi connectivity index (χ2v) is 5.79. The molecule has 27 heavy (non-hydrogen) atoms. The number of hydrogen-bond acceptors (Lipinski definition) is 9. The van der Waals surface area contributed by atoms with E-state index in [1.54, 1.807) is 0 Å². The molecule has 0 aromatic carbocycles. The van der Waals surface area contributed by atoms with Crippen LogP contribution < -0.4 is 5.32 Å². The van der Waals surface area contributed by atoms with E-state index >= 15 is 0 Å². The van der Waals surface area contributed by atoms with Gasteiger partial charge in [-0.15, -0.1) is 6.42 Å². The number of carbonyl (C=O) groups is 1. The van der Waals surface area contributed by atoms with Gasteiger partial charge in [-0.2, -0.15) is 0 Å². The number of terminal acetylenes is 1. The largest absolute Gasteiger partial charge is 0.394 e. The first kappa shape index (κ1) is 23.7. The van der Waals surface area contributed by atoms with Gasteiger partial charge in [0.05, 0.1) is 46.2 Å². The second kappa shape index (κ2) is 13.8. The minimum absolute atomic E-state index is 0.118. The van der Waals surface area contributed by atoms with Crippen molar-refractivity contribution in [2.45, 2.75) is 37.6 Å². The fourth-order valence-corrected chi connectivity index (χ4v) is 2.41. The van der Waals surface area contributed by atoms with Gasteiger partial charge in [-0.05, 0) is 0 Å². The van der Waals surface area contributed by atoms with E-state index in [4.69, 9.17) is 30.1 Å². The van der Waals surface area contributed by atoms with Gasteiger partial charge in [0.2, 0.25) is 5.91 Å². The van der Waals surface area contributed by atoms with Gasteiger partial charge in [-0.25, -0.2) is 0 Å². The molecule has 1 aliphatic rings. The van der Waals surface area contributed by atoms with E-state index < -0.39 is 43.2 Å². The molecule has 0 spiro atoms. The lowest BCUT2D eigenvalue weighted by Crippen LogP contribution is -2.64. The zero-order valence-electron chi connectivity index (χ0n) is 15.4. The molecule has 4 N–H and O–H groups in total. The number of carbonyl (C=O) groups excluding carboxylic acids is 1. The van der Waals surface area contributed by atoms with Crippen LogP contribution in [-0.2, 0) is 28.5 Å². The molecule has 0 aromatic rings. The van der Waals surface area contributed by atoms with E-state index in [9.17, 15) is 20.1 Å². The van der Waals surface area contributed by atoms with Crippen molar-refractivity contribution in [3.05, 3.63) is 0 Å². The number of aliphatic hydroxyl groups excluding tert-OH is 3. The quantitative estimate of drug-likeness (QED) is 0.201. The molecule has 1 rings (SSSR count). The predicted octanol–water partition coefficient (Wildman–Crippen LogP) is -2.37. The maximum Gasteiger partial charge on any atom is 0.217 e. The molecule has 1 aliphatic heterocycles. The summed E-state index contributed by atoms with van der Waals surface area (Å²) in [7, 11) is 0. The number of hydrogen-bond donors (Lipinski definition) is 4. The first-order valence-electron chi connectivity index (χ1n) is 8.69. The number of aliphatic hydroxyl groups is 3. The summed E-state index contributed by atoms with van der Waals surface area (Å²) in [6.45, 7) is 2.93. The Hall–Kier alpha value is -1.29. The van der Waals surface area contributed by atoms with E-state index in [2.05, 4.69) is 11.2 Å². The van der Waals surface area contributed by atoms with Crippen LogP contribution in [0.4, 0.5) is 0 Å². The van der Waals surface area contributed by atoms with Crippen LogP contribution >= 0.6 is 0 Å². The molecule has 0 saturated carbocycles. The van der Waals surface area contributed by atoms with Crippen molar-refractivity contribution in [3.63, 3.8) is 0 Å². The highest BCUT2D eigenvalue weighted by Gasteiger charge is 2.45. The van der Waals surface area contributed by atoms with E-state index in [0.717, 1.165) is 0 Å². The van der Waals surface area contributed by atoms with Crippen LogP contribution in [0.25, 0.3) is 0 Å². The molecule has 0 radical (unpaired) electrons. The lowest BCUT2D eigenvalue weighted by atomic mass is 9.97. The maximum atomic E-state index is 11.3. The fraction of sp³-hybridized carbons (Fsp3) is 0.824. The first-order valence-corrected chi connectivity index (χ1v) is 8.69. The summed E-state index contributed by atoms with van der Waals surface area (Å²) in [6.07, 6.45) is 0.315. The Morgan fingerprint density at radius 2 is 1.67 bits per heavy atom. The van der Waals surface area contributed by atoms with Crippen molar-refractivity contribution in [1.82, 2.24) is 5.32 Å². The van der Waals surface area contributed by atoms with Crippen molar-refractivity contribution in [2.75, 3.05) is 52.9 Å². The van der Waals surface area contributed by atoms with Crippen molar-refractivity contribution < 1.29 is 43.8 Å². The number of ether oxygens (including phenoxy) is 5. The molecule has 2 unspecified atom stereocenters. The average molecular weight is 391 g/mol. The summed E-state index contributed by atoms with van der Waals surface area (Å²) in [5.41, 5.74) is 0. The maximum absolute atomic E-state index is 11.3. The van der Waals surface area contributed by atoms with Crippen LogP contribution in [-0.4, -0.2) is 105 Å². The third kappa shape index (κ3) is 8.96. The van der Waals surface area contributed by atoms with Gasteiger partial charge in [0.15, 0.2) is 6.29 Å². The highest BCUT2D eigenvalue weighted by atomic mass is 16.7. The van der Waals surface area contributed by atoms with Gasteiger partial charge in [0, 0.05) is 6.92 Å². The highest BCUT2D eigenvalue weighted by molar-refractivity contribution is 5.73. The van der Waals surface area contributed by atoms with E-state index in [1.165, 1.54) is 6.92 Å². The Labute approximate surface area is 158 Å². The summed E-state index contributed by atoms with van der Waals surface area (Å²) < 4.78 is 26.6. The molecule has 0 bridgehead atoms. The van der Waals surface area contributed by atoms with Crippen molar-refractivity contribution in [3.8, 4) is 12.3 Å². The van der Waals surface area contributed by atoms with Crippen LogP contribution in [0.15, 0.2) is 0 Å². The van der Waals surface area contributed by atoms with Crippen molar-refractivity contribution in [1.29, 1.82) is 0 Å². The summed E-state index contributed by atoms with van der Waals surface area (Å²) >= 11 is 0. The summed E-state index contributed by atoms with van der Waals surface area (Å²) in [5, 5.41) is 31.7. The van der Waals surface area contributed by atoms with Crippen LogP contribution in [0.3, 0.4) is 0 Å². The lowest BCUT2D eigenvalue weighted by molar-refractivity contribution is -0.272. The number of nitrogens with one attached hydrogen (secondary N) is 1. The molecular weight excluding hydrogens is 362 g/mol. The van der Waals surface area contributed by atoms with Gasteiger partial charge in [0.1, 0.15) is 31.0 Å². The molecule has 10 heteroatoms. The van der Waals surface area contributed by atoms with Gasteiger partial charge in [-0.3, -0.25) is 4.79 Å². The topological polar surface area (TPSA) is 136 Å². The van der Waals surface area contributed by atoms with Gasteiger partial charge >= 0.3 is 0 Å². The van der Waals surface area contributed by atoms with Crippen molar-refractivity contribution in [2.24, 2.45) is 0 Å². The summed E-state index contributed by atoms with van der Waals surface area (Å²) in [6, 6.07) is -0.966. The van der Waals surface area contributed by atoms with E-state index in [0.29, 0.717) is 26.4 Å². The molecule has 1 saturated heterocycles. The van der Waals surface area contributed by atoms with Crippen LogP contribution in [0.1, 0.15) is 6.92 Å². The molecule has 5 atom stereocenters. The predicted molar refractivity (Wildman–Crippen MR) is 92.6 cm³/mol. The molecule has 1 heterocycles. The SMILES string of the molecule is C#CCOCCOCCOCCO[C@@H]1OC(CO)[C@@H](O)[C@H](O)C1NC(C)=O. The Morgan fingerprint density at radius 3 is 2.22 bits per heavy atom. The summed E-state index contributed by atoms with van der Waals surface area (Å²) in [4.78, 5) is 11.3. The molecule has 1 amide bonds. The minimum Gasteiger partial charge on any atom is -0.394 e. The molecular formula is C17H29NO9. The fourth-order valence-electron chi connectivity index (χ4n) is 2.41. The average Bonchev–Trinajstić information content (AvgIpc) is 2.64. The molecule has 0 aromatic heterocycles. The third-order valence-corrected chi connectivity index (χ3v) is 3.69. The minimum atomic E-state index is -1.34. The Kier molecular flexibility index (Phi) is 12.2. The van der Waals surface area contributed by atoms with Crippen LogP contribution in [0, 0.1) is 12.3 Å². The smallest absolute Gasteiger partial charge is 0.217 e. The normalized spacial score (nSPS) is 27.9. The molecule has 156 valence electrons. The zero-order valence-corrected chi connectivity index (χ0v) is 15.4. The molecule has 10 nitrogen and oxygen atoms in total. The van der Waals surface area contributed by atoms with E-state index in [-0.39, 0.29) is 19.8 Å². The molecule has 1 fully saturated rings. The Morgan fingerprint density at radius 1 is 1.07 bits per heavy atom. The van der Waals surface area contributed by atoms with Gasteiger partial charge in [-0.1, -0.05) is 5.92 Å². The Balaban J connectivity index is 2.24. The second-order valence-electron chi connectivity index (χ2n) is 5.79. The third-order valence-electron chi connectivity index (χ3n) is 3.69.